The second-order valence-electron chi connectivity index (χ2n) is 40.0. The highest BCUT2D eigenvalue weighted by Crippen LogP contribution is 2.84. The third kappa shape index (κ3) is 6.06. The van der Waals surface area contributed by atoms with Crippen LogP contribution >= 0.6 is 0 Å². The molecule has 0 saturated carbocycles. The summed E-state index contributed by atoms with van der Waals surface area (Å²) in [6.45, 7) is 29.0. The second-order valence-corrected chi connectivity index (χ2v) is 40.0. The molecule has 0 nitrogen and oxygen atoms in total. The van der Waals surface area contributed by atoms with Crippen LogP contribution in [0.3, 0.4) is 0 Å². The summed E-state index contributed by atoms with van der Waals surface area (Å²) in [5, 5.41) is 0. The highest BCUT2D eigenvalue weighted by Gasteiger charge is 2.73. The smallest absolute Gasteiger partial charge is 0.0445 e. The van der Waals surface area contributed by atoms with Gasteiger partial charge in [-0.05, 0) is 406 Å². The van der Waals surface area contributed by atoms with Gasteiger partial charge in [-0.15, -0.1) is 0 Å². The molecule has 0 aromatic rings. The Labute approximate surface area is 698 Å². The zero-order valence-corrected chi connectivity index (χ0v) is 70.0. The van der Waals surface area contributed by atoms with Gasteiger partial charge in [-0.2, -0.15) is 0 Å². The van der Waals surface area contributed by atoms with Crippen LogP contribution in [-0.2, 0) is 0 Å². The Balaban J connectivity index is 0.000000117. The van der Waals surface area contributed by atoms with E-state index < -0.39 is 0 Å². The summed E-state index contributed by atoms with van der Waals surface area (Å²) in [5.74, 6) is 2.80. The molecule has 4 spiro atoms. The van der Waals surface area contributed by atoms with Crippen LogP contribution in [0.25, 0.3) is 0 Å². The Hall–Kier alpha value is -11.4. The average molecular weight is 1520 g/mol. The van der Waals surface area contributed by atoms with Crippen LogP contribution in [0, 0.1) is 69.0 Å². The fraction of sp³-hybridized carbons (Fsp3) is 0.261. The van der Waals surface area contributed by atoms with Crippen LogP contribution in [0.4, 0.5) is 0 Å². The predicted octanol–water partition coefficient (Wildman–Crippen LogP) is 27.5. The summed E-state index contributed by atoms with van der Waals surface area (Å²) in [6.07, 6.45) is 88.6. The van der Waals surface area contributed by atoms with Gasteiger partial charge in [0, 0.05) is 69.0 Å². The normalized spacial score (nSPS) is 36.0. The van der Waals surface area contributed by atoms with E-state index >= 15 is 0 Å². The second kappa shape index (κ2) is 20.0. The Bertz CT molecular complexity index is 7500. The number of hydrogen-bond acceptors (Lipinski definition) is 0. The Kier molecular flexibility index (Phi) is 10.9. The van der Waals surface area contributed by atoms with E-state index in [1.54, 1.807) is 184 Å². The molecule has 32 rings (SSSR count). The van der Waals surface area contributed by atoms with E-state index in [-0.39, 0.29) is 21.7 Å². The van der Waals surface area contributed by atoms with Crippen molar-refractivity contribution in [1.29, 1.82) is 0 Å². The van der Waals surface area contributed by atoms with Crippen molar-refractivity contribution in [3.8, 4) is 0 Å². The van der Waals surface area contributed by atoms with Crippen LogP contribution in [0.1, 0.15) is 128 Å². The highest BCUT2D eigenvalue weighted by molar-refractivity contribution is 5.96. The monoisotopic (exact) mass is 1520 g/mol. The molecule has 0 aromatic heterocycles. The maximum Gasteiger partial charge on any atom is 0.0445 e. The lowest BCUT2D eigenvalue weighted by Gasteiger charge is -2.60. The molecule has 32 aliphatic carbocycles. The van der Waals surface area contributed by atoms with E-state index in [1.165, 1.54) is 128 Å². The molecule has 0 radical (unpaired) electrons. The van der Waals surface area contributed by atoms with Gasteiger partial charge in [0.1, 0.15) is 0 Å². The maximum atomic E-state index is 2.61. The molecule has 0 fully saturated rings. The van der Waals surface area contributed by atoms with Crippen LogP contribution in [0.5, 0.6) is 0 Å². The minimum Gasteiger partial charge on any atom is -0.0613 e. The molecule has 32 aliphatic rings. The summed E-state index contributed by atoms with van der Waals surface area (Å²) < 4.78 is 0. The highest BCUT2D eigenvalue weighted by atomic mass is 14.8. The van der Waals surface area contributed by atoms with Crippen LogP contribution in [0.15, 0.2) is 507 Å². The fourth-order valence-electron chi connectivity index (χ4n) is 34.0. The van der Waals surface area contributed by atoms with E-state index in [0.717, 1.165) is 44.9 Å². The molecule has 0 heteroatoms. The summed E-state index contributed by atoms with van der Waals surface area (Å²) in [5.41, 5.74) is 87.2. The van der Waals surface area contributed by atoms with Crippen molar-refractivity contribution in [2.45, 2.75) is 128 Å². The molecule has 0 saturated heterocycles. The average Bonchev–Trinajstić information content (AvgIpc) is 1.56. The van der Waals surface area contributed by atoms with Crippen molar-refractivity contribution < 1.29 is 0 Å². The SMILES string of the molecule is CCC1=C2C=CC3=C2C24C5=C(C=CC5=C(CC5=C6C=CC7=C(C)C8=C9C(=C(CC)C%10=CC=C%11C(CC)=C%12C=CC5=C%12C9(C%10%11)C76)C=C8)C5=CC=C1C52)C(C)=C1C=CC(=C3C)C14.CCC1=C2C=CC3=C2C24C5=C(C=CC5=C(CC5=C6C=CC7=C6C68C9=C(C=CC9=C(C)C9=CC=C5C96)C(C)=C5C=CC(=C7CC)C58)C5=CC=C1C52)C(C)=C1C=CC(=C3C)C14. The minimum atomic E-state index is -0.109. The fourth-order valence-corrected chi connectivity index (χ4v) is 34.0. The minimum absolute atomic E-state index is 0.108. The third-order valence-electron chi connectivity index (χ3n) is 37.5. The molecule has 0 aromatic carbocycles. The molecular weight excluding hydrogens is 1430 g/mol. The quantitative estimate of drug-likeness (QED) is 0.216. The first kappa shape index (κ1) is 64.5. The van der Waals surface area contributed by atoms with Crippen molar-refractivity contribution in [2.24, 2.45) is 69.0 Å². The van der Waals surface area contributed by atoms with E-state index in [1.807, 2.05) is 0 Å². The lowest BCUT2D eigenvalue weighted by molar-refractivity contribution is 0.256. The first-order chi connectivity index (χ1) is 58.3. The van der Waals surface area contributed by atoms with Gasteiger partial charge >= 0.3 is 0 Å². The van der Waals surface area contributed by atoms with Gasteiger partial charge in [-0.3, -0.25) is 0 Å². The van der Waals surface area contributed by atoms with Crippen molar-refractivity contribution in [2.75, 3.05) is 0 Å². The number of rotatable bonds is 9. The largest absolute Gasteiger partial charge is 0.0613 e. The van der Waals surface area contributed by atoms with Gasteiger partial charge in [0.15, 0.2) is 0 Å². The topological polar surface area (TPSA) is 0 Å². The van der Waals surface area contributed by atoms with Gasteiger partial charge in [0.25, 0.3) is 0 Å². The maximum absolute atomic E-state index is 2.61. The molecule has 119 heavy (non-hydrogen) atoms. The molecule has 0 N–H and O–H groups in total. The first-order valence-corrected chi connectivity index (χ1v) is 45.7. The Morgan fingerprint density at radius 2 is 0.361 bits per heavy atom. The molecule has 0 aliphatic heterocycles. The van der Waals surface area contributed by atoms with E-state index in [9.17, 15) is 0 Å². The third-order valence-corrected chi connectivity index (χ3v) is 37.5. The zero-order chi connectivity index (χ0) is 78.5. The molecule has 0 amide bonds. The summed E-state index contributed by atoms with van der Waals surface area (Å²) in [6, 6.07) is 0. The molecule has 0 heterocycles. The van der Waals surface area contributed by atoms with Gasteiger partial charge in [-0.1, -0.05) is 229 Å². The predicted molar refractivity (Wildman–Crippen MR) is 481 cm³/mol. The first-order valence-electron chi connectivity index (χ1n) is 45.7. The Morgan fingerprint density at radius 1 is 0.168 bits per heavy atom. The van der Waals surface area contributed by atoms with Gasteiger partial charge in [0.05, 0.1) is 0 Å². The van der Waals surface area contributed by atoms with Crippen molar-refractivity contribution in [1.82, 2.24) is 0 Å². The summed E-state index contributed by atoms with van der Waals surface area (Å²) >= 11 is 0. The van der Waals surface area contributed by atoms with Gasteiger partial charge in [0.2, 0.25) is 0 Å². The van der Waals surface area contributed by atoms with Crippen LogP contribution in [0.2, 0.25) is 0 Å². The Morgan fingerprint density at radius 3 is 0.664 bits per heavy atom. The molecule has 566 valence electrons. The lowest BCUT2D eigenvalue weighted by Crippen LogP contribution is -2.52. The summed E-state index contributed by atoms with van der Waals surface area (Å²) in [7, 11) is 0. The van der Waals surface area contributed by atoms with Crippen molar-refractivity contribution in [3.05, 3.63) is 507 Å². The molecule has 12 atom stereocenters. The molecule has 0 bridgehead atoms. The van der Waals surface area contributed by atoms with Crippen LogP contribution < -0.4 is 0 Å². The van der Waals surface area contributed by atoms with Crippen LogP contribution in [-0.4, -0.2) is 0 Å². The zero-order valence-electron chi connectivity index (χ0n) is 70.0. The number of allylic oxidation sites excluding steroid dienone is 88. The van der Waals surface area contributed by atoms with Gasteiger partial charge < -0.3 is 0 Å². The summed E-state index contributed by atoms with van der Waals surface area (Å²) in [4.78, 5) is 0. The van der Waals surface area contributed by atoms with Gasteiger partial charge in [-0.25, -0.2) is 0 Å². The molecule has 12 unspecified atom stereocenters. The standard InChI is InChI=1S/C60H46.C59H44/c1-7-30-40-17-13-36-29(6)38-15-19-46-50(48-25-23-44-32(9-3)42-21-20-41(30)56(42)60(53(36)40,55(38)46)58(44)48)26-49-45-18-14-37-28(5)34-11-10-33-27(4)35-12-16-39-31(8-2)43-22-24-47(49)57(43)59(51(33)34,52(35)39)54(37)45;1-7-30-40-17-13-36-26(3)32-9-11-34-28(5)38-15-19-44-48(46-23-21-42(30)56(46)58(50(32)34,52(36)40)54(38)44)25-49-45-20-16-39-29(6)35-12-10-33-27(4)37-14-18-41-31(8-2)43-22-24-47(49)57(43)59(51(33)35,53(37)41)55(39)45/h10-25,51,55-57H,7-9,26H2,1-6H3;9-24,50,53,55-56H,7-8,25H2,1-6H3. The number of hydrogen-bond donors (Lipinski definition) is 0. The van der Waals surface area contributed by atoms with Crippen molar-refractivity contribution >= 4 is 0 Å². The van der Waals surface area contributed by atoms with Crippen molar-refractivity contribution in [3.63, 3.8) is 0 Å². The van der Waals surface area contributed by atoms with E-state index in [0.29, 0.717) is 47.3 Å². The lowest BCUT2D eigenvalue weighted by atomic mass is 9.41. The van der Waals surface area contributed by atoms with E-state index in [4.69, 9.17) is 0 Å². The van der Waals surface area contributed by atoms with E-state index in [2.05, 4.69) is 278 Å². The molecular formula is C119H90.